The molecule has 0 aromatic heterocycles. The van der Waals surface area contributed by atoms with Gasteiger partial charge in [-0.1, -0.05) is 0 Å². The Morgan fingerprint density at radius 2 is 1.11 bits per heavy atom. The summed E-state index contributed by atoms with van der Waals surface area (Å²) in [5.74, 6) is -27.7. The van der Waals surface area contributed by atoms with Gasteiger partial charge < -0.3 is 0 Å². The molecule has 105 valence electrons. The number of rotatable bonds is 4. The van der Waals surface area contributed by atoms with Crippen molar-refractivity contribution < 1.29 is 48.3 Å². The zero-order chi connectivity index (χ0) is 15.0. The normalized spacial score (nSPS) is 14.4. The minimum Gasteiger partial charge on any atom is -0.192 e. The average molecular weight is 293 g/mol. The van der Waals surface area contributed by atoms with Crippen LogP contribution < -0.4 is 0 Å². The van der Waals surface area contributed by atoms with E-state index in [4.69, 9.17) is 0 Å². The van der Waals surface area contributed by atoms with E-state index in [0.717, 1.165) is 0 Å². The van der Waals surface area contributed by atoms with E-state index < -0.39 is 30.1 Å². The van der Waals surface area contributed by atoms with Crippen LogP contribution in [0.25, 0.3) is 0 Å². The Kier molecular flexibility index (Phi) is 4.17. The van der Waals surface area contributed by atoms with Gasteiger partial charge in [0, 0.05) is 5.92 Å². The van der Waals surface area contributed by atoms with E-state index in [1.807, 2.05) is 0 Å². The Morgan fingerprint density at radius 1 is 0.722 bits per heavy atom. The third-order valence-electron chi connectivity index (χ3n) is 1.62. The van der Waals surface area contributed by atoms with Gasteiger partial charge in [-0.05, 0) is 0 Å². The van der Waals surface area contributed by atoms with Gasteiger partial charge in [0.1, 0.15) is 6.17 Å². The first kappa shape index (κ1) is 16.8. The fourth-order valence-electron chi connectivity index (χ4n) is 0.651. The third-order valence-corrected chi connectivity index (χ3v) is 1.62. The number of hydrogen-bond donors (Lipinski definition) is 0. The first-order chi connectivity index (χ1) is 7.75. The molecule has 0 saturated heterocycles. The summed E-state index contributed by atoms with van der Waals surface area (Å²) in [4.78, 5) is 0. The Bertz CT molecular complexity index is 357. The second-order valence-corrected chi connectivity index (χ2v) is 2.78. The van der Waals surface area contributed by atoms with Crippen molar-refractivity contribution in [3.63, 3.8) is 0 Å². The Labute approximate surface area is 91.7 Å². The summed E-state index contributed by atoms with van der Waals surface area (Å²) in [6.07, 6.45) is -4.89. The molecule has 0 heterocycles. The van der Waals surface area contributed by atoms with Crippen molar-refractivity contribution in [3.8, 4) is 12.1 Å². The van der Waals surface area contributed by atoms with Gasteiger partial charge in [0.05, 0.1) is 0 Å². The fourth-order valence-corrected chi connectivity index (χ4v) is 0.651. The van der Waals surface area contributed by atoms with Crippen molar-refractivity contribution in [1.29, 1.82) is 0 Å². The van der Waals surface area contributed by atoms with Gasteiger partial charge in [0.25, 0.3) is 0 Å². The van der Waals surface area contributed by atoms with Crippen LogP contribution in [-0.2, 0) is 0 Å². The molecule has 0 aliphatic heterocycles. The third kappa shape index (κ3) is 2.20. The van der Waals surface area contributed by atoms with Gasteiger partial charge in [-0.2, -0.15) is 43.9 Å². The summed E-state index contributed by atoms with van der Waals surface area (Å²) in [7, 11) is 0. The molecule has 11 heteroatoms. The van der Waals surface area contributed by atoms with E-state index in [9.17, 15) is 48.3 Å². The molecule has 0 saturated carbocycles. The van der Waals surface area contributed by atoms with Crippen LogP contribution in [0.1, 0.15) is 0 Å². The van der Waals surface area contributed by atoms with Crippen LogP contribution in [0.3, 0.4) is 0 Å². The van der Waals surface area contributed by atoms with Crippen molar-refractivity contribution in [2.45, 2.75) is 23.7 Å². The summed E-state index contributed by atoms with van der Waals surface area (Å²) >= 11 is 0. The molecule has 0 aromatic rings. The van der Waals surface area contributed by atoms with Crippen LogP contribution in [0.2, 0.25) is 0 Å². The second kappa shape index (κ2) is 4.47. The molecule has 0 aromatic carbocycles. The van der Waals surface area contributed by atoms with E-state index >= 15 is 0 Å². The molecule has 0 N–H and O–H groups in total. The quantitative estimate of drug-likeness (QED) is 0.545. The van der Waals surface area contributed by atoms with E-state index in [2.05, 4.69) is 0 Å². The van der Waals surface area contributed by atoms with Gasteiger partial charge in [-0.3, -0.25) is 0 Å². The van der Waals surface area contributed by atoms with Crippen molar-refractivity contribution in [2.24, 2.45) is 0 Å². The molecule has 0 spiro atoms. The van der Waals surface area contributed by atoms with Crippen LogP contribution in [0, 0.1) is 18.5 Å². The zero-order valence-corrected chi connectivity index (χ0v) is 7.66. The van der Waals surface area contributed by atoms with E-state index in [1.54, 1.807) is 0 Å². The van der Waals surface area contributed by atoms with Gasteiger partial charge >= 0.3 is 30.1 Å². The molecule has 18 heavy (non-hydrogen) atoms. The SMILES string of the molecule is FC#CC(F)(F)C(F)(F)C(F)(F)C(F)(F)[C](F)F. The number of hydrogen-bond acceptors (Lipinski definition) is 0. The molecule has 0 aliphatic rings. The van der Waals surface area contributed by atoms with Crippen LogP contribution in [0.5, 0.6) is 0 Å². The number of halogens is 11. The Morgan fingerprint density at radius 3 is 1.39 bits per heavy atom. The molecule has 0 aliphatic carbocycles. The van der Waals surface area contributed by atoms with Gasteiger partial charge in [0.2, 0.25) is 0 Å². The molecule has 0 fully saturated rings. The maximum Gasteiger partial charge on any atom is 0.390 e. The standard InChI is InChI=1S/C7F11/c8-2-1-4(11,12)6(15,16)7(17,18)5(13,14)3(9)10. The lowest BCUT2D eigenvalue weighted by molar-refractivity contribution is -0.358. The van der Waals surface area contributed by atoms with Crippen LogP contribution >= 0.6 is 0 Å². The first-order valence-corrected chi connectivity index (χ1v) is 3.58. The highest BCUT2D eigenvalue weighted by Crippen LogP contribution is 2.55. The fraction of sp³-hybridized carbons (Fsp3) is 0.571. The minimum absolute atomic E-state index is 0.386. The molecule has 1 radical (unpaired) electrons. The maximum atomic E-state index is 12.4. The highest BCUT2D eigenvalue weighted by atomic mass is 19.4. The van der Waals surface area contributed by atoms with Gasteiger partial charge in [-0.25, -0.2) is 0 Å². The van der Waals surface area contributed by atoms with E-state index in [-0.39, 0.29) is 12.1 Å². The van der Waals surface area contributed by atoms with Crippen molar-refractivity contribution in [1.82, 2.24) is 0 Å². The molecular formula is C7F11. The second-order valence-electron chi connectivity index (χ2n) is 2.78. The lowest BCUT2D eigenvalue weighted by Crippen LogP contribution is -2.62. The summed E-state index contributed by atoms with van der Waals surface area (Å²) < 4.78 is 132. The molecule has 0 atom stereocenters. The Hall–Kier alpha value is -1.21. The predicted molar refractivity (Wildman–Crippen MR) is 34.1 cm³/mol. The van der Waals surface area contributed by atoms with Crippen LogP contribution in [0.4, 0.5) is 48.3 Å². The number of alkyl halides is 8. The van der Waals surface area contributed by atoms with Gasteiger partial charge in [-0.15, -0.1) is 4.39 Å². The van der Waals surface area contributed by atoms with Crippen molar-refractivity contribution in [2.75, 3.05) is 0 Å². The zero-order valence-electron chi connectivity index (χ0n) is 7.66. The topological polar surface area (TPSA) is 0 Å². The predicted octanol–water partition coefficient (Wildman–Crippen LogP) is 3.89. The molecular weight excluding hydrogens is 293 g/mol. The maximum absolute atomic E-state index is 12.4. The van der Waals surface area contributed by atoms with Crippen molar-refractivity contribution in [3.05, 3.63) is 6.43 Å². The van der Waals surface area contributed by atoms with Crippen LogP contribution in [0.15, 0.2) is 0 Å². The van der Waals surface area contributed by atoms with E-state index in [0.29, 0.717) is 0 Å². The lowest BCUT2D eigenvalue weighted by Gasteiger charge is -2.33. The highest BCUT2D eigenvalue weighted by molar-refractivity contribution is 5.18. The molecule has 0 amide bonds. The summed E-state index contributed by atoms with van der Waals surface area (Å²) in [5, 5.41) is 0. The lowest BCUT2D eigenvalue weighted by atomic mass is 9.99. The smallest absolute Gasteiger partial charge is 0.192 e. The average Bonchev–Trinajstić information content (AvgIpc) is 2.16. The monoisotopic (exact) mass is 293 g/mol. The molecule has 0 rings (SSSR count). The summed E-state index contributed by atoms with van der Waals surface area (Å²) in [5.41, 5.74) is 0. The summed E-state index contributed by atoms with van der Waals surface area (Å²) in [6.45, 7) is 0. The van der Waals surface area contributed by atoms with Crippen molar-refractivity contribution >= 4 is 0 Å². The van der Waals surface area contributed by atoms with Gasteiger partial charge in [0.15, 0.2) is 0 Å². The summed E-state index contributed by atoms with van der Waals surface area (Å²) in [6, 6.07) is 0. The van der Waals surface area contributed by atoms with E-state index in [1.165, 1.54) is 0 Å². The molecule has 0 bridgehead atoms. The minimum atomic E-state index is -7.17. The first-order valence-electron chi connectivity index (χ1n) is 3.58. The largest absolute Gasteiger partial charge is 0.390 e. The molecule has 0 nitrogen and oxygen atoms in total. The highest BCUT2D eigenvalue weighted by Gasteiger charge is 2.83. The van der Waals surface area contributed by atoms with Crippen LogP contribution in [-0.4, -0.2) is 23.7 Å². The Balaban J connectivity index is 5.78. The molecule has 0 unspecified atom stereocenters.